The molecule has 0 atom stereocenters. The summed E-state index contributed by atoms with van der Waals surface area (Å²) in [7, 11) is 1.59. The maximum absolute atomic E-state index is 5.64. The highest BCUT2D eigenvalue weighted by Crippen LogP contribution is 2.10. The van der Waals surface area contributed by atoms with Crippen molar-refractivity contribution < 1.29 is 4.74 Å². The molecule has 0 bridgehead atoms. The molecule has 0 saturated carbocycles. The Bertz CT molecular complexity index is 526. The summed E-state index contributed by atoms with van der Waals surface area (Å²) in [5.41, 5.74) is 6.64. The van der Waals surface area contributed by atoms with Crippen LogP contribution in [0, 0.1) is 0 Å². The maximum Gasteiger partial charge on any atom is 0.223 e. The van der Waals surface area contributed by atoms with Crippen molar-refractivity contribution in [3.05, 3.63) is 35.5 Å². The Kier molecular flexibility index (Phi) is 3.66. The summed E-state index contributed by atoms with van der Waals surface area (Å²) in [5, 5.41) is 0. The Morgan fingerprint density at radius 3 is 2.56 bits per heavy atom. The fourth-order valence-electron chi connectivity index (χ4n) is 1.54. The molecule has 6 heteroatoms. The van der Waals surface area contributed by atoms with Crippen molar-refractivity contribution in [1.29, 1.82) is 0 Å². The van der Waals surface area contributed by atoms with Gasteiger partial charge < -0.3 is 10.5 Å². The van der Waals surface area contributed by atoms with Crippen LogP contribution in [0.4, 0.5) is 5.95 Å². The predicted molar refractivity (Wildman–Crippen MR) is 67.2 cm³/mol. The summed E-state index contributed by atoms with van der Waals surface area (Å²) < 4.78 is 5.00. The molecule has 2 aromatic heterocycles. The molecular formula is C12H15N5O. The first-order chi connectivity index (χ1) is 8.71. The minimum absolute atomic E-state index is 0.262. The molecule has 0 aliphatic rings. The van der Waals surface area contributed by atoms with Crippen molar-refractivity contribution in [2.75, 3.05) is 12.8 Å². The molecule has 2 N–H and O–H groups in total. The zero-order valence-electron chi connectivity index (χ0n) is 10.4. The van der Waals surface area contributed by atoms with E-state index in [1.165, 1.54) is 0 Å². The van der Waals surface area contributed by atoms with E-state index >= 15 is 0 Å². The van der Waals surface area contributed by atoms with Gasteiger partial charge in [0.1, 0.15) is 11.6 Å². The lowest BCUT2D eigenvalue weighted by molar-refractivity contribution is 0.397. The molecule has 0 fully saturated rings. The van der Waals surface area contributed by atoms with Crippen LogP contribution < -0.4 is 10.5 Å². The van der Waals surface area contributed by atoms with Crippen LogP contribution in [0.25, 0.3) is 0 Å². The molecular weight excluding hydrogens is 230 g/mol. The second-order valence-electron chi connectivity index (χ2n) is 3.77. The van der Waals surface area contributed by atoms with Crippen LogP contribution in [0.1, 0.15) is 24.1 Å². The molecule has 0 unspecified atom stereocenters. The molecule has 94 valence electrons. The van der Waals surface area contributed by atoms with Gasteiger partial charge in [0.2, 0.25) is 11.8 Å². The van der Waals surface area contributed by atoms with Gasteiger partial charge in [0.15, 0.2) is 0 Å². The molecule has 2 rings (SSSR count). The van der Waals surface area contributed by atoms with E-state index in [-0.39, 0.29) is 5.95 Å². The molecule has 0 spiro atoms. The van der Waals surface area contributed by atoms with Crippen LogP contribution in [0.2, 0.25) is 0 Å². The number of anilines is 1. The normalized spacial score (nSPS) is 10.3. The minimum Gasteiger partial charge on any atom is -0.481 e. The van der Waals surface area contributed by atoms with Gasteiger partial charge in [-0.1, -0.05) is 13.0 Å². The number of rotatable bonds is 4. The first-order valence-corrected chi connectivity index (χ1v) is 5.69. The number of hydrogen-bond acceptors (Lipinski definition) is 6. The fraction of sp³-hybridized carbons (Fsp3) is 0.333. The van der Waals surface area contributed by atoms with Gasteiger partial charge in [-0.25, -0.2) is 9.97 Å². The average molecular weight is 245 g/mol. The van der Waals surface area contributed by atoms with E-state index < -0.39 is 0 Å². The molecule has 0 aliphatic carbocycles. The number of aryl methyl sites for hydroxylation is 1. The number of ether oxygens (including phenoxy) is 1. The highest BCUT2D eigenvalue weighted by atomic mass is 16.5. The van der Waals surface area contributed by atoms with E-state index in [4.69, 9.17) is 10.5 Å². The third-order valence-corrected chi connectivity index (χ3v) is 2.43. The largest absolute Gasteiger partial charge is 0.481 e. The summed E-state index contributed by atoms with van der Waals surface area (Å²) in [4.78, 5) is 16.6. The van der Waals surface area contributed by atoms with Gasteiger partial charge in [-0.2, -0.15) is 9.97 Å². The summed E-state index contributed by atoms with van der Waals surface area (Å²) in [6, 6.07) is 3.73. The molecule has 0 radical (unpaired) electrons. The Labute approximate surface area is 105 Å². The molecule has 2 aromatic rings. The highest BCUT2D eigenvalue weighted by Gasteiger charge is 2.05. The summed E-state index contributed by atoms with van der Waals surface area (Å²) in [6.45, 7) is 1.98. The number of pyridine rings is 1. The molecule has 0 aromatic carbocycles. The van der Waals surface area contributed by atoms with E-state index in [1.54, 1.807) is 19.4 Å². The second kappa shape index (κ2) is 5.39. The number of hydrogen-bond donors (Lipinski definition) is 1. The van der Waals surface area contributed by atoms with E-state index in [9.17, 15) is 0 Å². The van der Waals surface area contributed by atoms with Gasteiger partial charge in [0.25, 0.3) is 0 Å². The van der Waals surface area contributed by atoms with Crippen molar-refractivity contribution in [3.63, 3.8) is 0 Å². The standard InChI is InChI=1S/C12H15N5O/c1-3-9-15-10(17-12(13)16-9)6-8-4-5-11(18-2)14-7-8/h4-5,7H,3,6H2,1-2H3,(H2,13,15,16,17). The average Bonchev–Trinajstić information content (AvgIpc) is 2.39. The van der Waals surface area contributed by atoms with E-state index in [0.29, 0.717) is 23.9 Å². The molecule has 18 heavy (non-hydrogen) atoms. The number of nitrogens with zero attached hydrogens (tertiary/aromatic N) is 4. The zero-order chi connectivity index (χ0) is 13.0. The maximum atomic E-state index is 5.64. The number of aromatic nitrogens is 4. The van der Waals surface area contributed by atoms with Crippen LogP contribution in [0.3, 0.4) is 0 Å². The van der Waals surface area contributed by atoms with Crippen molar-refractivity contribution in [3.8, 4) is 5.88 Å². The zero-order valence-corrected chi connectivity index (χ0v) is 10.4. The van der Waals surface area contributed by atoms with Gasteiger partial charge in [-0.05, 0) is 5.56 Å². The van der Waals surface area contributed by atoms with Crippen molar-refractivity contribution >= 4 is 5.95 Å². The third-order valence-electron chi connectivity index (χ3n) is 2.43. The smallest absolute Gasteiger partial charge is 0.223 e. The topological polar surface area (TPSA) is 86.8 Å². The number of methoxy groups -OCH3 is 1. The van der Waals surface area contributed by atoms with E-state index in [1.807, 2.05) is 13.0 Å². The van der Waals surface area contributed by atoms with E-state index in [2.05, 4.69) is 19.9 Å². The molecule has 0 aliphatic heterocycles. The van der Waals surface area contributed by atoms with E-state index in [0.717, 1.165) is 12.0 Å². The lowest BCUT2D eigenvalue weighted by atomic mass is 10.2. The van der Waals surface area contributed by atoms with Gasteiger partial charge in [0.05, 0.1) is 7.11 Å². The molecule has 6 nitrogen and oxygen atoms in total. The number of nitrogens with two attached hydrogens (primary N) is 1. The quantitative estimate of drug-likeness (QED) is 0.865. The molecule has 2 heterocycles. The monoisotopic (exact) mass is 245 g/mol. The SMILES string of the molecule is CCc1nc(N)nc(Cc2ccc(OC)nc2)n1. The summed E-state index contributed by atoms with van der Waals surface area (Å²) in [5.74, 6) is 2.21. The van der Waals surface area contributed by atoms with Crippen LogP contribution in [0.15, 0.2) is 18.3 Å². The molecule has 0 amide bonds. The van der Waals surface area contributed by atoms with Gasteiger partial charge >= 0.3 is 0 Å². The first kappa shape index (κ1) is 12.2. The van der Waals surface area contributed by atoms with Crippen molar-refractivity contribution in [2.24, 2.45) is 0 Å². The fourth-order valence-corrected chi connectivity index (χ4v) is 1.54. The third kappa shape index (κ3) is 2.91. The molecule has 0 saturated heterocycles. The van der Waals surface area contributed by atoms with Gasteiger partial charge in [-0.15, -0.1) is 0 Å². The lowest BCUT2D eigenvalue weighted by Gasteiger charge is -2.04. The number of nitrogen functional groups attached to an aromatic ring is 1. The Morgan fingerprint density at radius 1 is 1.17 bits per heavy atom. The summed E-state index contributed by atoms with van der Waals surface area (Å²) in [6.07, 6.45) is 3.06. The Balaban J connectivity index is 2.19. The van der Waals surface area contributed by atoms with Crippen LogP contribution in [-0.4, -0.2) is 27.0 Å². The van der Waals surface area contributed by atoms with Crippen LogP contribution in [-0.2, 0) is 12.8 Å². The highest BCUT2D eigenvalue weighted by molar-refractivity contribution is 5.23. The van der Waals surface area contributed by atoms with Crippen molar-refractivity contribution in [2.45, 2.75) is 19.8 Å². The second-order valence-corrected chi connectivity index (χ2v) is 3.77. The van der Waals surface area contributed by atoms with Crippen LogP contribution in [0.5, 0.6) is 5.88 Å². The Hall–Kier alpha value is -2.24. The minimum atomic E-state index is 0.262. The first-order valence-electron chi connectivity index (χ1n) is 5.69. The van der Waals surface area contributed by atoms with Gasteiger partial charge in [0, 0.05) is 25.1 Å². The van der Waals surface area contributed by atoms with Crippen LogP contribution >= 0.6 is 0 Å². The van der Waals surface area contributed by atoms with Crippen molar-refractivity contribution in [1.82, 2.24) is 19.9 Å². The predicted octanol–water partition coefficient (Wildman–Crippen LogP) is 1.01. The summed E-state index contributed by atoms with van der Waals surface area (Å²) >= 11 is 0. The Morgan fingerprint density at radius 2 is 1.94 bits per heavy atom. The lowest BCUT2D eigenvalue weighted by Crippen LogP contribution is -2.07. The van der Waals surface area contributed by atoms with Gasteiger partial charge in [-0.3, -0.25) is 0 Å².